The standard InChI is InChI=1S/C21H24N2O3S/c24-20-21(12-5-2-6-13-21)18-15-17(9-10-19(18)22-20)23-27(25,26)14-11-16-7-3-1-4-8-16/h1,3-4,7-10,15,23H,2,5-6,11-14H2,(H,22,24). The molecule has 142 valence electrons. The van der Waals surface area contributed by atoms with Gasteiger partial charge in [0.25, 0.3) is 0 Å². The van der Waals surface area contributed by atoms with E-state index in [1.807, 2.05) is 42.5 Å². The minimum Gasteiger partial charge on any atom is -0.325 e. The van der Waals surface area contributed by atoms with E-state index < -0.39 is 15.4 Å². The Hall–Kier alpha value is -2.34. The summed E-state index contributed by atoms with van der Waals surface area (Å²) in [5, 5.41) is 2.98. The number of hydrogen-bond acceptors (Lipinski definition) is 3. The normalized spacial score (nSPS) is 18.1. The number of nitrogens with one attached hydrogen (secondary N) is 2. The predicted molar refractivity (Wildman–Crippen MR) is 107 cm³/mol. The minimum atomic E-state index is -3.46. The molecule has 0 aromatic heterocycles. The molecule has 2 N–H and O–H groups in total. The molecule has 1 aliphatic carbocycles. The van der Waals surface area contributed by atoms with Crippen LogP contribution in [0.3, 0.4) is 0 Å². The van der Waals surface area contributed by atoms with Gasteiger partial charge in [-0.2, -0.15) is 0 Å². The van der Waals surface area contributed by atoms with E-state index in [-0.39, 0.29) is 11.7 Å². The summed E-state index contributed by atoms with van der Waals surface area (Å²) < 4.78 is 27.7. The number of hydrogen-bond donors (Lipinski definition) is 2. The van der Waals surface area contributed by atoms with Gasteiger partial charge in [-0.05, 0) is 48.6 Å². The summed E-state index contributed by atoms with van der Waals surface area (Å²) in [4.78, 5) is 12.6. The van der Waals surface area contributed by atoms with Crippen molar-refractivity contribution in [3.63, 3.8) is 0 Å². The van der Waals surface area contributed by atoms with Crippen LogP contribution in [0.15, 0.2) is 48.5 Å². The van der Waals surface area contributed by atoms with Gasteiger partial charge in [0.1, 0.15) is 0 Å². The molecule has 2 aliphatic rings. The monoisotopic (exact) mass is 384 g/mol. The van der Waals surface area contributed by atoms with E-state index in [9.17, 15) is 13.2 Å². The highest BCUT2D eigenvalue weighted by Crippen LogP contribution is 2.48. The van der Waals surface area contributed by atoms with Crippen LogP contribution in [0.25, 0.3) is 0 Å². The fourth-order valence-corrected chi connectivity index (χ4v) is 5.35. The van der Waals surface area contributed by atoms with E-state index in [0.29, 0.717) is 12.1 Å². The van der Waals surface area contributed by atoms with Crippen molar-refractivity contribution >= 4 is 27.3 Å². The summed E-state index contributed by atoms with van der Waals surface area (Å²) in [6.45, 7) is 0. The van der Waals surface area contributed by atoms with Gasteiger partial charge in [0.2, 0.25) is 15.9 Å². The number of fused-ring (bicyclic) bond motifs is 2. The Morgan fingerprint density at radius 1 is 1.00 bits per heavy atom. The Labute approximate surface area is 160 Å². The molecule has 0 atom stereocenters. The number of anilines is 2. The van der Waals surface area contributed by atoms with Gasteiger partial charge in [0, 0.05) is 11.4 Å². The van der Waals surface area contributed by atoms with Crippen molar-refractivity contribution in [3.8, 4) is 0 Å². The minimum absolute atomic E-state index is 0.0242. The van der Waals surface area contributed by atoms with Gasteiger partial charge in [0.05, 0.1) is 11.2 Å². The summed E-state index contributed by atoms with van der Waals surface area (Å²) >= 11 is 0. The zero-order valence-electron chi connectivity index (χ0n) is 15.2. The van der Waals surface area contributed by atoms with E-state index in [2.05, 4.69) is 10.0 Å². The zero-order chi connectivity index (χ0) is 18.9. The lowest BCUT2D eigenvalue weighted by Gasteiger charge is -2.31. The van der Waals surface area contributed by atoms with Crippen LogP contribution in [-0.2, 0) is 26.7 Å². The first-order chi connectivity index (χ1) is 13.0. The number of aryl methyl sites for hydroxylation is 1. The summed E-state index contributed by atoms with van der Waals surface area (Å²) in [5.74, 6) is 0.0810. The van der Waals surface area contributed by atoms with E-state index in [4.69, 9.17) is 0 Å². The zero-order valence-corrected chi connectivity index (χ0v) is 16.0. The summed E-state index contributed by atoms with van der Waals surface area (Å²) in [6, 6.07) is 15.0. The Morgan fingerprint density at radius 2 is 1.74 bits per heavy atom. The van der Waals surface area contributed by atoms with Crippen LogP contribution >= 0.6 is 0 Å². The van der Waals surface area contributed by atoms with Crippen molar-refractivity contribution in [2.45, 2.75) is 43.9 Å². The van der Waals surface area contributed by atoms with Gasteiger partial charge in [-0.15, -0.1) is 0 Å². The van der Waals surface area contributed by atoms with Crippen LogP contribution in [0.5, 0.6) is 0 Å². The third-order valence-electron chi connectivity index (χ3n) is 5.70. The van der Waals surface area contributed by atoms with Gasteiger partial charge in [-0.1, -0.05) is 49.6 Å². The molecule has 2 aromatic carbocycles. The lowest BCUT2D eigenvalue weighted by atomic mass is 9.70. The van der Waals surface area contributed by atoms with Gasteiger partial charge in [-0.3, -0.25) is 9.52 Å². The lowest BCUT2D eigenvalue weighted by molar-refractivity contribution is -0.121. The molecule has 0 bridgehead atoms. The Kier molecular flexibility index (Phi) is 4.68. The molecule has 1 amide bonds. The first-order valence-electron chi connectivity index (χ1n) is 9.49. The molecule has 0 saturated heterocycles. The van der Waals surface area contributed by atoms with E-state index in [1.165, 1.54) is 0 Å². The van der Waals surface area contributed by atoms with Crippen LogP contribution in [0.1, 0.15) is 43.2 Å². The molecule has 1 heterocycles. The second-order valence-electron chi connectivity index (χ2n) is 7.51. The average molecular weight is 385 g/mol. The maximum Gasteiger partial charge on any atom is 0.235 e. The quantitative estimate of drug-likeness (QED) is 0.823. The van der Waals surface area contributed by atoms with Crippen LogP contribution in [0, 0.1) is 0 Å². The molecule has 0 radical (unpaired) electrons. The van der Waals surface area contributed by atoms with Gasteiger partial charge >= 0.3 is 0 Å². The summed E-state index contributed by atoms with van der Waals surface area (Å²) in [6.07, 6.45) is 5.33. The molecule has 1 saturated carbocycles. The van der Waals surface area contributed by atoms with Crippen molar-refractivity contribution in [1.82, 2.24) is 0 Å². The average Bonchev–Trinajstić information content (AvgIpc) is 2.93. The number of amides is 1. The highest BCUT2D eigenvalue weighted by molar-refractivity contribution is 7.92. The number of sulfonamides is 1. The van der Waals surface area contributed by atoms with Crippen molar-refractivity contribution in [3.05, 3.63) is 59.7 Å². The summed E-state index contributed by atoms with van der Waals surface area (Å²) in [5.41, 5.74) is 2.79. The number of rotatable bonds is 5. The van der Waals surface area contributed by atoms with Crippen LogP contribution in [0.2, 0.25) is 0 Å². The van der Waals surface area contributed by atoms with Crippen molar-refractivity contribution in [2.24, 2.45) is 0 Å². The third kappa shape index (κ3) is 3.58. The van der Waals surface area contributed by atoms with Crippen molar-refractivity contribution in [1.29, 1.82) is 0 Å². The molecule has 2 aromatic rings. The van der Waals surface area contributed by atoms with Gasteiger partial charge in [-0.25, -0.2) is 8.42 Å². The van der Waals surface area contributed by atoms with E-state index in [0.717, 1.165) is 48.9 Å². The third-order valence-corrected chi connectivity index (χ3v) is 6.99. The largest absolute Gasteiger partial charge is 0.325 e. The maximum atomic E-state index is 12.6. The molecule has 1 fully saturated rings. The lowest BCUT2D eigenvalue weighted by Crippen LogP contribution is -2.36. The first kappa shape index (κ1) is 18.0. The second kappa shape index (κ2) is 7.00. The summed E-state index contributed by atoms with van der Waals surface area (Å²) in [7, 11) is -3.46. The fraction of sp³-hybridized carbons (Fsp3) is 0.381. The smallest absolute Gasteiger partial charge is 0.235 e. The Morgan fingerprint density at radius 3 is 2.48 bits per heavy atom. The SMILES string of the molecule is O=C1Nc2ccc(NS(=O)(=O)CCc3ccccc3)cc2C12CCCCC2. The topological polar surface area (TPSA) is 75.3 Å². The molecular weight excluding hydrogens is 360 g/mol. The van der Waals surface area contributed by atoms with Crippen LogP contribution in [0.4, 0.5) is 11.4 Å². The molecule has 0 unspecified atom stereocenters. The number of benzene rings is 2. The van der Waals surface area contributed by atoms with Crippen LogP contribution < -0.4 is 10.0 Å². The molecule has 27 heavy (non-hydrogen) atoms. The molecule has 4 rings (SSSR count). The Bertz CT molecular complexity index is 949. The van der Waals surface area contributed by atoms with Crippen molar-refractivity contribution < 1.29 is 13.2 Å². The van der Waals surface area contributed by atoms with Gasteiger partial charge < -0.3 is 5.32 Å². The number of carbonyl (C=O) groups excluding carboxylic acids is 1. The Balaban J connectivity index is 1.53. The van der Waals surface area contributed by atoms with Gasteiger partial charge in [0.15, 0.2) is 0 Å². The molecular formula is C21H24N2O3S. The fourth-order valence-electron chi connectivity index (χ4n) is 4.26. The molecule has 6 heteroatoms. The van der Waals surface area contributed by atoms with E-state index in [1.54, 1.807) is 6.07 Å². The molecule has 1 spiro atoms. The predicted octanol–water partition coefficient (Wildman–Crippen LogP) is 3.83. The first-order valence-corrected chi connectivity index (χ1v) is 11.1. The second-order valence-corrected chi connectivity index (χ2v) is 9.36. The number of carbonyl (C=O) groups is 1. The molecule has 5 nitrogen and oxygen atoms in total. The molecule has 1 aliphatic heterocycles. The highest BCUT2D eigenvalue weighted by Gasteiger charge is 2.47. The van der Waals surface area contributed by atoms with Crippen molar-refractivity contribution in [2.75, 3.05) is 15.8 Å². The van der Waals surface area contributed by atoms with Crippen LogP contribution in [-0.4, -0.2) is 20.1 Å². The highest BCUT2D eigenvalue weighted by atomic mass is 32.2. The van der Waals surface area contributed by atoms with E-state index >= 15 is 0 Å². The maximum absolute atomic E-state index is 12.6.